The van der Waals surface area contributed by atoms with Crippen LogP contribution in [0.5, 0.6) is 0 Å². The molecule has 180 valence electrons. The number of nitrogens with zero attached hydrogens (tertiary/aromatic N) is 2. The van der Waals surface area contributed by atoms with Crippen molar-refractivity contribution in [2.24, 2.45) is 0 Å². The third-order valence-electron chi connectivity index (χ3n) is 6.24. The second kappa shape index (κ2) is 9.87. The Morgan fingerprint density at radius 3 is 2.65 bits per heavy atom. The molecule has 2 aromatic heterocycles. The zero-order valence-corrected chi connectivity index (χ0v) is 18.9. The van der Waals surface area contributed by atoms with E-state index in [1.165, 1.54) is 18.5 Å². The van der Waals surface area contributed by atoms with Crippen molar-refractivity contribution in [3.05, 3.63) is 59.6 Å². The van der Waals surface area contributed by atoms with Gasteiger partial charge in [-0.2, -0.15) is 13.2 Å². The van der Waals surface area contributed by atoms with Crippen LogP contribution in [0.1, 0.15) is 60.6 Å². The second-order valence-corrected chi connectivity index (χ2v) is 8.49. The predicted molar refractivity (Wildman–Crippen MR) is 125 cm³/mol. The number of carbonyl (C=O) groups is 1. The molecule has 1 aliphatic carbocycles. The summed E-state index contributed by atoms with van der Waals surface area (Å²) in [6, 6.07) is 8.55. The van der Waals surface area contributed by atoms with Crippen molar-refractivity contribution in [2.75, 3.05) is 18.4 Å². The van der Waals surface area contributed by atoms with Crippen molar-refractivity contribution in [3.8, 4) is 0 Å². The Kier molecular flexibility index (Phi) is 6.90. The number of amides is 1. The van der Waals surface area contributed by atoms with Gasteiger partial charge in [0.15, 0.2) is 0 Å². The summed E-state index contributed by atoms with van der Waals surface area (Å²) in [6.07, 6.45) is 3.30. The smallest absolute Gasteiger partial charge is 0.405 e. The van der Waals surface area contributed by atoms with Gasteiger partial charge in [0.1, 0.15) is 24.1 Å². The van der Waals surface area contributed by atoms with Crippen molar-refractivity contribution < 1.29 is 22.4 Å². The van der Waals surface area contributed by atoms with E-state index in [1.807, 2.05) is 6.92 Å². The summed E-state index contributed by atoms with van der Waals surface area (Å²) in [6.45, 7) is 1.09. The molecule has 0 aliphatic heterocycles. The second-order valence-electron chi connectivity index (χ2n) is 8.49. The highest BCUT2D eigenvalue weighted by molar-refractivity contribution is 6.19. The van der Waals surface area contributed by atoms with Gasteiger partial charge in [0.05, 0.1) is 5.71 Å². The van der Waals surface area contributed by atoms with E-state index in [4.69, 9.17) is 9.83 Å². The van der Waals surface area contributed by atoms with Gasteiger partial charge >= 0.3 is 6.18 Å². The fourth-order valence-electron chi connectivity index (χ4n) is 4.54. The van der Waals surface area contributed by atoms with Crippen LogP contribution in [0, 0.1) is 5.41 Å². The zero-order valence-electron chi connectivity index (χ0n) is 18.9. The van der Waals surface area contributed by atoms with E-state index < -0.39 is 12.7 Å². The Morgan fingerprint density at radius 2 is 1.94 bits per heavy atom. The van der Waals surface area contributed by atoms with Crippen LogP contribution in [-0.2, 0) is 0 Å². The van der Waals surface area contributed by atoms with Crippen LogP contribution in [0.15, 0.2) is 47.2 Å². The first kappa shape index (κ1) is 23.8. The van der Waals surface area contributed by atoms with Gasteiger partial charge in [0.25, 0.3) is 5.91 Å². The first-order valence-corrected chi connectivity index (χ1v) is 11.5. The number of hydrogen-bond acceptors (Lipinski definition) is 5. The van der Waals surface area contributed by atoms with Crippen molar-refractivity contribution in [1.29, 1.82) is 5.41 Å². The Hall–Kier alpha value is -3.36. The molecule has 0 spiro atoms. The number of pyridine rings is 1. The lowest BCUT2D eigenvalue weighted by Gasteiger charge is -2.33. The molecule has 0 unspecified atom stereocenters. The number of nitrogens with one attached hydrogen (secondary N) is 2. The average molecular weight is 473 g/mol. The lowest BCUT2D eigenvalue weighted by molar-refractivity contribution is -0.115. The molecule has 0 bridgehead atoms. The number of para-hydroxylation sites is 1. The summed E-state index contributed by atoms with van der Waals surface area (Å²) in [4.78, 5) is 19.3. The van der Waals surface area contributed by atoms with Crippen molar-refractivity contribution in [1.82, 2.24) is 9.88 Å². The van der Waals surface area contributed by atoms with Crippen molar-refractivity contribution in [3.63, 3.8) is 0 Å². The minimum atomic E-state index is -4.47. The first-order valence-electron chi connectivity index (χ1n) is 11.5. The van der Waals surface area contributed by atoms with Gasteiger partial charge < -0.3 is 14.6 Å². The number of hydrogen-bond donors (Lipinski definition) is 2. The maximum absolute atomic E-state index is 13.3. The van der Waals surface area contributed by atoms with Gasteiger partial charge in [0.2, 0.25) is 0 Å². The van der Waals surface area contributed by atoms with Crippen LogP contribution in [-0.4, -0.2) is 46.8 Å². The topological polar surface area (TPSA) is 82.2 Å². The number of alkyl halides is 3. The minimum Gasteiger partial charge on any atom is -0.464 e. The van der Waals surface area contributed by atoms with Crippen LogP contribution in [0.4, 0.5) is 18.9 Å². The monoisotopic (exact) mass is 472 g/mol. The molecule has 2 heterocycles. The highest BCUT2D eigenvalue weighted by Crippen LogP contribution is 2.29. The average Bonchev–Trinajstić information content (AvgIpc) is 3.27. The molecule has 0 radical (unpaired) electrons. The minimum absolute atomic E-state index is 0.0330. The van der Waals surface area contributed by atoms with E-state index in [0.29, 0.717) is 23.1 Å². The number of aromatic nitrogens is 1. The van der Waals surface area contributed by atoms with Crippen LogP contribution < -0.4 is 5.32 Å². The van der Waals surface area contributed by atoms with Crippen LogP contribution in [0.25, 0.3) is 11.0 Å². The normalized spacial score (nSPS) is 14.8. The number of furan rings is 1. The van der Waals surface area contributed by atoms with Crippen molar-refractivity contribution >= 4 is 28.3 Å². The van der Waals surface area contributed by atoms with Gasteiger partial charge in [-0.15, -0.1) is 0 Å². The number of halogens is 3. The molecular weight excluding hydrogens is 445 g/mol. The summed E-state index contributed by atoms with van der Waals surface area (Å²) in [5, 5.41) is 11.7. The predicted octanol–water partition coefficient (Wildman–Crippen LogP) is 6.01. The quantitative estimate of drug-likeness (QED) is 0.413. The highest BCUT2D eigenvalue weighted by atomic mass is 19.4. The maximum atomic E-state index is 13.3. The highest BCUT2D eigenvalue weighted by Gasteiger charge is 2.29. The molecule has 0 saturated heterocycles. The third kappa shape index (κ3) is 5.08. The largest absolute Gasteiger partial charge is 0.464 e. The molecule has 1 amide bonds. The number of fused-ring (bicyclic) bond motifs is 1. The fraction of sp³-hybridized carbons (Fsp3) is 0.400. The van der Waals surface area contributed by atoms with Crippen LogP contribution in [0.2, 0.25) is 0 Å². The summed E-state index contributed by atoms with van der Waals surface area (Å²) < 4.78 is 44.6. The molecule has 1 saturated carbocycles. The SMILES string of the molecule is CCN(C(=O)c1cc(NCC(F)(F)F)c(C(=N)c2coc3ccccc23)cn1)C1CCCCC1. The van der Waals surface area contributed by atoms with E-state index in [1.54, 1.807) is 29.2 Å². The Labute approximate surface area is 195 Å². The summed E-state index contributed by atoms with van der Waals surface area (Å²) in [7, 11) is 0. The first-order chi connectivity index (χ1) is 16.3. The molecule has 3 aromatic rings. The molecular formula is C25H27F3N4O2. The van der Waals surface area contributed by atoms with Gasteiger partial charge in [-0.25, -0.2) is 0 Å². The standard InChI is InChI=1S/C25H27F3N4O2/c1-2-32(16-8-4-3-5-9-16)24(33)21-12-20(31-15-25(26,27)28)18(13-30-21)23(29)19-14-34-22-11-7-6-10-17(19)22/h6-7,10-14,16,29H,2-5,8-9,15H2,1H3,(H,30,31). The lowest BCUT2D eigenvalue weighted by atomic mass is 9.94. The maximum Gasteiger partial charge on any atom is 0.405 e. The number of anilines is 1. The molecule has 34 heavy (non-hydrogen) atoms. The third-order valence-corrected chi connectivity index (χ3v) is 6.24. The Bertz CT molecular complexity index is 1180. The Balaban J connectivity index is 1.69. The van der Waals surface area contributed by atoms with Crippen LogP contribution >= 0.6 is 0 Å². The molecule has 2 N–H and O–H groups in total. The summed E-state index contributed by atoms with van der Waals surface area (Å²) in [5.41, 5.74) is 1.21. The van der Waals surface area contributed by atoms with E-state index in [0.717, 1.165) is 32.1 Å². The molecule has 9 heteroatoms. The van der Waals surface area contributed by atoms with Gasteiger partial charge in [-0.3, -0.25) is 15.2 Å². The fourth-order valence-corrected chi connectivity index (χ4v) is 4.54. The molecule has 0 atom stereocenters. The molecule has 4 rings (SSSR count). The number of carbonyl (C=O) groups excluding carboxylic acids is 1. The Morgan fingerprint density at radius 1 is 1.21 bits per heavy atom. The summed E-state index contributed by atoms with van der Waals surface area (Å²) in [5.74, 6) is -0.309. The van der Waals surface area contributed by atoms with Crippen LogP contribution in [0.3, 0.4) is 0 Å². The molecule has 1 aliphatic rings. The van der Waals surface area contributed by atoms with Gasteiger partial charge in [-0.1, -0.05) is 37.5 Å². The zero-order chi connectivity index (χ0) is 24.3. The van der Waals surface area contributed by atoms with E-state index >= 15 is 0 Å². The molecule has 1 aromatic carbocycles. The molecule has 1 fully saturated rings. The van der Waals surface area contributed by atoms with E-state index in [9.17, 15) is 18.0 Å². The summed E-state index contributed by atoms with van der Waals surface area (Å²) >= 11 is 0. The molecule has 6 nitrogen and oxygen atoms in total. The van der Waals surface area contributed by atoms with Gasteiger partial charge in [-0.05, 0) is 31.9 Å². The van der Waals surface area contributed by atoms with Crippen molar-refractivity contribution in [2.45, 2.75) is 51.2 Å². The van der Waals surface area contributed by atoms with E-state index in [-0.39, 0.29) is 34.6 Å². The van der Waals surface area contributed by atoms with E-state index in [2.05, 4.69) is 10.3 Å². The van der Waals surface area contributed by atoms with Gasteiger partial charge in [0, 0.05) is 41.0 Å². The number of rotatable bonds is 7. The lowest BCUT2D eigenvalue weighted by Crippen LogP contribution is -2.41. The number of benzene rings is 1.